The smallest absolute Gasteiger partial charge is 0.253 e. The first-order valence-corrected chi connectivity index (χ1v) is 8.74. The monoisotopic (exact) mass is 347 g/mol. The van der Waals surface area contributed by atoms with Gasteiger partial charge >= 0.3 is 0 Å². The summed E-state index contributed by atoms with van der Waals surface area (Å²) >= 11 is 0. The number of carbonyl (C=O) groups is 2. The van der Waals surface area contributed by atoms with Crippen molar-refractivity contribution in [1.82, 2.24) is 9.80 Å². The van der Waals surface area contributed by atoms with Gasteiger partial charge in [-0.25, -0.2) is 0 Å². The van der Waals surface area contributed by atoms with E-state index in [1.165, 1.54) is 0 Å². The van der Waals surface area contributed by atoms with Crippen molar-refractivity contribution in [2.75, 3.05) is 26.2 Å². The average molecular weight is 347 g/mol. The fourth-order valence-corrected chi connectivity index (χ4v) is 3.11. The number of hydrogen-bond donors (Lipinski definition) is 0. The second-order valence-corrected chi connectivity index (χ2v) is 6.50. The SMILES string of the molecule is Cc1ccc(C(=O)N2CCCN(C(=O)c3cccc(C#N)c3)CC2)cc1. The number of nitrogens with zero attached hydrogens (tertiary/aromatic N) is 3. The van der Waals surface area contributed by atoms with Gasteiger partial charge in [0.2, 0.25) is 0 Å². The standard InChI is InChI=1S/C21H21N3O2/c1-16-6-8-18(9-7-16)20(25)23-10-3-11-24(13-12-23)21(26)19-5-2-4-17(14-19)15-22/h2,4-9,14H,3,10-13H2,1H3. The van der Waals surface area contributed by atoms with Crippen LogP contribution < -0.4 is 0 Å². The molecule has 3 rings (SSSR count). The minimum atomic E-state index is -0.0910. The lowest BCUT2D eigenvalue weighted by molar-refractivity contribution is 0.0718. The Hall–Kier alpha value is -3.13. The van der Waals surface area contributed by atoms with Crippen LogP contribution in [0.25, 0.3) is 0 Å². The summed E-state index contributed by atoms with van der Waals surface area (Å²) < 4.78 is 0. The van der Waals surface area contributed by atoms with Crippen molar-refractivity contribution >= 4 is 11.8 Å². The fraction of sp³-hybridized carbons (Fsp3) is 0.286. The van der Waals surface area contributed by atoms with Gasteiger partial charge in [-0.3, -0.25) is 9.59 Å². The molecule has 0 spiro atoms. The highest BCUT2D eigenvalue weighted by Crippen LogP contribution is 2.13. The molecule has 26 heavy (non-hydrogen) atoms. The molecular formula is C21H21N3O2. The molecule has 0 unspecified atom stereocenters. The molecule has 132 valence electrons. The maximum Gasteiger partial charge on any atom is 0.253 e. The molecule has 0 bridgehead atoms. The van der Waals surface area contributed by atoms with Crippen LogP contribution >= 0.6 is 0 Å². The molecule has 2 aromatic rings. The summed E-state index contributed by atoms with van der Waals surface area (Å²) in [6.45, 7) is 4.23. The van der Waals surface area contributed by atoms with E-state index in [2.05, 4.69) is 6.07 Å². The summed E-state index contributed by atoms with van der Waals surface area (Å²) in [6, 6.07) is 16.4. The Morgan fingerprint density at radius 2 is 1.50 bits per heavy atom. The Morgan fingerprint density at radius 1 is 0.885 bits per heavy atom. The number of aryl methyl sites for hydroxylation is 1. The van der Waals surface area contributed by atoms with Crippen LogP contribution in [-0.4, -0.2) is 47.8 Å². The van der Waals surface area contributed by atoms with E-state index in [0.29, 0.717) is 42.9 Å². The lowest BCUT2D eigenvalue weighted by atomic mass is 10.1. The molecule has 1 aliphatic heterocycles. The predicted octanol–water partition coefficient (Wildman–Crippen LogP) is 2.86. The third kappa shape index (κ3) is 3.92. The van der Waals surface area contributed by atoms with Gasteiger partial charge in [-0.1, -0.05) is 23.8 Å². The minimum absolute atomic E-state index is 0.00535. The molecule has 0 aliphatic carbocycles. The zero-order valence-corrected chi connectivity index (χ0v) is 14.8. The van der Waals surface area contributed by atoms with E-state index < -0.39 is 0 Å². The normalized spacial score (nSPS) is 14.5. The van der Waals surface area contributed by atoms with Crippen LogP contribution in [-0.2, 0) is 0 Å². The molecule has 1 aliphatic rings. The summed E-state index contributed by atoms with van der Waals surface area (Å²) in [6.07, 6.45) is 0.737. The molecule has 0 atom stereocenters. The van der Waals surface area contributed by atoms with E-state index in [-0.39, 0.29) is 11.8 Å². The van der Waals surface area contributed by atoms with Gasteiger partial charge in [0.1, 0.15) is 0 Å². The van der Waals surface area contributed by atoms with Crippen LogP contribution in [0.1, 0.15) is 38.3 Å². The van der Waals surface area contributed by atoms with Gasteiger partial charge < -0.3 is 9.80 Å². The van der Waals surface area contributed by atoms with Crippen LogP contribution in [0, 0.1) is 18.3 Å². The van der Waals surface area contributed by atoms with Crippen molar-refractivity contribution in [2.45, 2.75) is 13.3 Å². The molecule has 0 N–H and O–H groups in total. The lowest BCUT2D eigenvalue weighted by Crippen LogP contribution is -2.37. The number of nitriles is 1. The van der Waals surface area contributed by atoms with E-state index in [9.17, 15) is 9.59 Å². The van der Waals surface area contributed by atoms with E-state index >= 15 is 0 Å². The predicted molar refractivity (Wildman–Crippen MR) is 98.8 cm³/mol. The Labute approximate surface area is 153 Å². The van der Waals surface area contributed by atoms with Crippen molar-refractivity contribution in [1.29, 1.82) is 5.26 Å². The highest BCUT2D eigenvalue weighted by molar-refractivity contribution is 5.95. The molecule has 2 amide bonds. The van der Waals surface area contributed by atoms with Gasteiger partial charge in [-0.2, -0.15) is 5.26 Å². The number of hydrogen-bond acceptors (Lipinski definition) is 3. The molecular weight excluding hydrogens is 326 g/mol. The third-order valence-corrected chi connectivity index (χ3v) is 4.61. The Morgan fingerprint density at radius 3 is 2.12 bits per heavy atom. The number of rotatable bonds is 2. The second-order valence-electron chi connectivity index (χ2n) is 6.50. The Balaban J connectivity index is 1.68. The van der Waals surface area contributed by atoms with Gasteiger partial charge in [-0.15, -0.1) is 0 Å². The Bertz CT molecular complexity index is 852. The van der Waals surface area contributed by atoms with Crippen molar-refractivity contribution in [2.24, 2.45) is 0 Å². The van der Waals surface area contributed by atoms with Crippen molar-refractivity contribution in [3.05, 3.63) is 70.8 Å². The van der Waals surface area contributed by atoms with Crippen LogP contribution in [0.2, 0.25) is 0 Å². The van der Waals surface area contributed by atoms with Crippen LogP contribution in [0.5, 0.6) is 0 Å². The number of benzene rings is 2. The molecule has 0 saturated carbocycles. The summed E-state index contributed by atoms with van der Waals surface area (Å²) in [5.74, 6) is -0.0856. The highest BCUT2D eigenvalue weighted by atomic mass is 16.2. The fourth-order valence-electron chi connectivity index (χ4n) is 3.11. The molecule has 0 radical (unpaired) electrons. The molecule has 5 heteroatoms. The zero-order chi connectivity index (χ0) is 18.5. The van der Waals surface area contributed by atoms with E-state index in [4.69, 9.17) is 5.26 Å². The lowest BCUT2D eigenvalue weighted by Gasteiger charge is -2.22. The van der Waals surface area contributed by atoms with Crippen molar-refractivity contribution in [3.63, 3.8) is 0 Å². The summed E-state index contributed by atoms with van der Waals surface area (Å²) in [5.41, 5.74) is 2.79. The third-order valence-electron chi connectivity index (χ3n) is 4.61. The summed E-state index contributed by atoms with van der Waals surface area (Å²) in [4.78, 5) is 29.0. The van der Waals surface area contributed by atoms with Gasteiger partial charge in [0, 0.05) is 37.3 Å². The minimum Gasteiger partial charge on any atom is -0.337 e. The molecule has 2 aromatic carbocycles. The van der Waals surface area contributed by atoms with Crippen LogP contribution in [0.3, 0.4) is 0 Å². The molecule has 1 fully saturated rings. The first-order chi connectivity index (χ1) is 12.6. The van der Waals surface area contributed by atoms with Gasteiger partial charge in [0.05, 0.1) is 11.6 Å². The first-order valence-electron chi connectivity index (χ1n) is 8.74. The highest BCUT2D eigenvalue weighted by Gasteiger charge is 2.23. The van der Waals surface area contributed by atoms with Gasteiger partial charge in [-0.05, 0) is 43.7 Å². The quantitative estimate of drug-likeness (QED) is 0.839. The average Bonchev–Trinajstić information content (AvgIpc) is 2.93. The Kier molecular flexibility index (Phi) is 5.33. The van der Waals surface area contributed by atoms with Crippen LogP contribution in [0.4, 0.5) is 0 Å². The van der Waals surface area contributed by atoms with Crippen molar-refractivity contribution in [3.8, 4) is 6.07 Å². The first kappa shape index (κ1) is 17.7. The van der Waals surface area contributed by atoms with Crippen molar-refractivity contribution < 1.29 is 9.59 Å². The number of carbonyl (C=O) groups excluding carboxylic acids is 2. The molecule has 1 heterocycles. The maximum atomic E-state index is 12.7. The van der Waals surface area contributed by atoms with Gasteiger partial charge in [0.15, 0.2) is 0 Å². The van der Waals surface area contributed by atoms with E-state index in [0.717, 1.165) is 12.0 Å². The molecule has 1 saturated heterocycles. The topological polar surface area (TPSA) is 64.4 Å². The van der Waals surface area contributed by atoms with E-state index in [1.54, 1.807) is 29.2 Å². The van der Waals surface area contributed by atoms with Gasteiger partial charge in [0.25, 0.3) is 11.8 Å². The largest absolute Gasteiger partial charge is 0.337 e. The molecule has 0 aromatic heterocycles. The maximum absolute atomic E-state index is 12.7. The zero-order valence-electron chi connectivity index (χ0n) is 14.8. The summed E-state index contributed by atoms with van der Waals surface area (Å²) in [5, 5.41) is 9.00. The molecule has 5 nitrogen and oxygen atoms in total. The van der Waals surface area contributed by atoms with E-state index in [1.807, 2.05) is 36.1 Å². The second kappa shape index (κ2) is 7.83. The number of amides is 2. The summed E-state index contributed by atoms with van der Waals surface area (Å²) in [7, 11) is 0. The van der Waals surface area contributed by atoms with Crippen LogP contribution in [0.15, 0.2) is 48.5 Å².